The lowest BCUT2D eigenvalue weighted by molar-refractivity contribution is -0.116. The largest absolute Gasteiger partial charge is 0.491 e. The van der Waals surface area contributed by atoms with E-state index in [1.165, 1.54) is 0 Å². The molecule has 1 rings (SSSR count). The van der Waals surface area contributed by atoms with Crippen molar-refractivity contribution in [1.29, 1.82) is 0 Å². The molecule has 128 valence electrons. The van der Waals surface area contributed by atoms with E-state index in [9.17, 15) is 4.79 Å². The zero-order chi connectivity index (χ0) is 16.9. The van der Waals surface area contributed by atoms with Gasteiger partial charge in [0.15, 0.2) is 0 Å². The van der Waals surface area contributed by atoms with E-state index >= 15 is 0 Å². The third kappa shape index (κ3) is 9.74. The van der Waals surface area contributed by atoms with Gasteiger partial charge in [0.2, 0.25) is 5.91 Å². The second-order valence-corrected chi connectivity index (χ2v) is 5.68. The van der Waals surface area contributed by atoms with Crippen molar-refractivity contribution in [2.24, 2.45) is 0 Å². The second kappa shape index (κ2) is 11.7. The molecule has 4 heteroatoms. The Morgan fingerprint density at radius 2 is 2.04 bits per heavy atom. The molecule has 0 saturated carbocycles. The lowest BCUT2D eigenvalue weighted by Gasteiger charge is -2.09. The molecule has 23 heavy (non-hydrogen) atoms. The molecule has 0 radical (unpaired) electrons. The van der Waals surface area contributed by atoms with Crippen LogP contribution in [0.2, 0.25) is 0 Å². The number of unbranched alkanes of at least 4 members (excludes halogenated alkanes) is 1. The molecule has 0 fully saturated rings. The number of ether oxygens (including phenoxy) is 2. The van der Waals surface area contributed by atoms with Crippen LogP contribution in [0.3, 0.4) is 0 Å². The van der Waals surface area contributed by atoms with E-state index in [-0.39, 0.29) is 12.0 Å². The van der Waals surface area contributed by atoms with E-state index in [1.54, 1.807) is 12.2 Å². The van der Waals surface area contributed by atoms with Crippen molar-refractivity contribution in [2.45, 2.75) is 46.1 Å². The lowest BCUT2D eigenvalue weighted by Crippen LogP contribution is -2.23. The third-order valence-corrected chi connectivity index (χ3v) is 3.06. The van der Waals surface area contributed by atoms with Crippen molar-refractivity contribution in [2.75, 3.05) is 19.8 Å². The molecule has 0 aliphatic carbocycles. The lowest BCUT2D eigenvalue weighted by atomic mass is 10.2. The predicted octanol–water partition coefficient (Wildman–Crippen LogP) is 3.81. The summed E-state index contributed by atoms with van der Waals surface area (Å²) in [6, 6.07) is 7.70. The number of hydrogen-bond donors (Lipinski definition) is 1. The normalized spacial score (nSPS) is 11.1. The van der Waals surface area contributed by atoms with Gasteiger partial charge in [-0.05, 0) is 50.5 Å². The summed E-state index contributed by atoms with van der Waals surface area (Å²) in [7, 11) is 0. The van der Waals surface area contributed by atoms with Crippen molar-refractivity contribution in [3.63, 3.8) is 0 Å². The topological polar surface area (TPSA) is 47.6 Å². The Morgan fingerprint density at radius 3 is 2.78 bits per heavy atom. The fourth-order valence-corrected chi connectivity index (χ4v) is 1.93. The van der Waals surface area contributed by atoms with Crippen LogP contribution < -0.4 is 10.1 Å². The van der Waals surface area contributed by atoms with Crippen molar-refractivity contribution < 1.29 is 14.3 Å². The van der Waals surface area contributed by atoms with Gasteiger partial charge in [-0.25, -0.2) is 0 Å². The van der Waals surface area contributed by atoms with E-state index in [2.05, 4.69) is 12.2 Å². The van der Waals surface area contributed by atoms with Gasteiger partial charge in [-0.3, -0.25) is 4.79 Å². The molecule has 0 unspecified atom stereocenters. The summed E-state index contributed by atoms with van der Waals surface area (Å²) in [6.07, 6.45) is 6.55. The van der Waals surface area contributed by atoms with Crippen LogP contribution in [0, 0.1) is 0 Å². The number of hydrogen-bond acceptors (Lipinski definition) is 3. The number of nitrogens with one attached hydrogen (secondary N) is 1. The molecule has 0 bridgehead atoms. The number of amides is 1. The zero-order valence-corrected chi connectivity index (χ0v) is 14.5. The SMILES string of the molecule is CCCCOCCCNC(=O)/C=C/c1cccc(OC(C)C)c1. The molecular formula is C19H29NO3. The van der Waals surface area contributed by atoms with Crippen molar-refractivity contribution in [1.82, 2.24) is 5.32 Å². The molecule has 0 aromatic heterocycles. The maximum absolute atomic E-state index is 11.7. The molecule has 0 atom stereocenters. The fourth-order valence-electron chi connectivity index (χ4n) is 1.93. The summed E-state index contributed by atoms with van der Waals surface area (Å²) >= 11 is 0. The maximum atomic E-state index is 11.7. The molecule has 1 aromatic carbocycles. The molecule has 1 aromatic rings. The first-order chi connectivity index (χ1) is 11.1. The summed E-state index contributed by atoms with van der Waals surface area (Å²) in [4.78, 5) is 11.7. The van der Waals surface area contributed by atoms with Crippen LogP contribution in [0.5, 0.6) is 5.75 Å². The van der Waals surface area contributed by atoms with Gasteiger partial charge in [0.1, 0.15) is 5.75 Å². The third-order valence-electron chi connectivity index (χ3n) is 3.06. The van der Waals surface area contributed by atoms with E-state index in [0.29, 0.717) is 13.2 Å². The average molecular weight is 319 g/mol. The Bertz CT molecular complexity index is 483. The van der Waals surface area contributed by atoms with E-state index in [1.807, 2.05) is 38.1 Å². The molecule has 1 N–H and O–H groups in total. The Morgan fingerprint density at radius 1 is 1.26 bits per heavy atom. The summed E-state index contributed by atoms with van der Waals surface area (Å²) < 4.78 is 11.1. The van der Waals surface area contributed by atoms with Crippen molar-refractivity contribution >= 4 is 12.0 Å². The standard InChI is InChI=1S/C19H29NO3/c1-4-5-13-22-14-7-12-20-19(21)11-10-17-8-6-9-18(15-17)23-16(2)3/h6,8-11,15-16H,4-5,7,12-14H2,1-3H3,(H,20,21)/b11-10+. The molecule has 0 aliphatic rings. The van der Waals surface area contributed by atoms with Gasteiger partial charge < -0.3 is 14.8 Å². The smallest absolute Gasteiger partial charge is 0.244 e. The number of carbonyl (C=O) groups excluding carboxylic acids is 1. The molecule has 1 amide bonds. The predicted molar refractivity (Wildman–Crippen MR) is 94.6 cm³/mol. The van der Waals surface area contributed by atoms with Gasteiger partial charge in [0, 0.05) is 25.8 Å². The van der Waals surface area contributed by atoms with Crippen molar-refractivity contribution in [3.05, 3.63) is 35.9 Å². The van der Waals surface area contributed by atoms with Crippen LogP contribution in [0.1, 0.15) is 45.6 Å². The molecule has 0 saturated heterocycles. The number of carbonyl (C=O) groups is 1. The second-order valence-electron chi connectivity index (χ2n) is 5.68. The van der Waals surface area contributed by atoms with Gasteiger partial charge in [-0.2, -0.15) is 0 Å². The van der Waals surface area contributed by atoms with Crippen LogP contribution in [0.25, 0.3) is 6.08 Å². The zero-order valence-electron chi connectivity index (χ0n) is 14.5. The molecule has 0 spiro atoms. The van der Waals surface area contributed by atoms with Gasteiger partial charge in [-0.15, -0.1) is 0 Å². The highest BCUT2D eigenvalue weighted by Crippen LogP contribution is 2.15. The summed E-state index contributed by atoms with van der Waals surface area (Å²) in [5.41, 5.74) is 0.946. The Hall–Kier alpha value is -1.81. The van der Waals surface area contributed by atoms with Crippen molar-refractivity contribution in [3.8, 4) is 5.75 Å². The van der Waals surface area contributed by atoms with Crippen LogP contribution in [-0.4, -0.2) is 31.8 Å². The fraction of sp³-hybridized carbons (Fsp3) is 0.526. The monoisotopic (exact) mass is 319 g/mol. The number of rotatable bonds is 11. The molecule has 4 nitrogen and oxygen atoms in total. The Labute approximate surface area is 139 Å². The van der Waals surface area contributed by atoms with Gasteiger partial charge in [-0.1, -0.05) is 25.5 Å². The Kier molecular flexibility index (Phi) is 9.80. The van der Waals surface area contributed by atoms with E-state index in [0.717, 1.165) is 37.2 Å². The highest BCUT2D eigenvalue weighted by Gasteiger charge is 1.99. The first-order valence-corrected chi connectivity index (χ1v) is 8.42. The number of benzene rings is 1. The molecule has 0 heterocycles. The maximum Gasteiger partial charge on any atom is 0.244 e. The van der Waals surface area contributed by atoms with Gasteiger partial charge >= 0.3 is 0 Å². The van der Waals surface area contributed by atoms with Gasteiger partial charge in [0.25, 0.3) is 0 Å². The minimum atomic E-state index is -0.0891. The molecule has 0 aliphatic heterocycles. The summed E-state index contributed by atoms with van der Waals surface area (Å²) in [6.45, 7) is 8.24. The highest BCUT2D eigenvalue weighted by atomic mass is 16.5. The Balaban J connectivity index is 2.27. The first kappa shape index (κ1) is 19.2. The quantitative estimate of drug-likeness (QED) is 0.498. The van der Waals surface area contributed by atoms with E-state index in [4.69, 9.17) is 9.47 Å². The van der Waals surface area contributed by atoms with Crippen LogP contribution in [0.4, 0.5) is 0 Å². The van der Waals surface area contributed by atoms with Gasteiger partial charge in [0.05, 0.1) is 6.10 Å². The first-order valence-electron chi connectivity index (χ1n) is 8.42. The highest BCUT2D eigenvalue weighted by molar-refractivity contribution is 5.91. The van der Waals surface area contributed by atoms with Crippen LogP contribution >= 0.6 is 0 Å². The molecular weight excluding hydrogens is 290 g/mol. The van der Waals surface area contributed by atoms with Crippen LogP contribution in [0.15, 0.2) is 30.3 Å². The summed E-state index contributed by atoms with van der Waals surface area (Å²) in [5.74, 6) is 0.723. The van der Waals surface area contributed by atoms with E-state index < -0.39 is 0 Å². The minimum absolute atomic E-state index is 0.0891. The minimum Gasteiger partial charge on any atom is -0.491 e. The average Bonchev–Trinajstić information content (AvgIpc) is 2.52. The van der Waals surface area contributed by atoms with Crippen LogP contribution in [-0.2, 0) is 9.53 Å². The summed E-state index contributed by atoms with van der Waals surface area (Å²) in [5, 5.41) is 2.85.